The summed E-state index contributed by atoms with van der Waals surface area (Å²) in [6, 6.07) is 1.99. The number of rotatable bonds is 5. The predicted octanol–water partition coefficient (Wildman–Crippen LogP) is 3.17. The molecule has 116 valence electrons. The standard InChI is InChI=1S/C17H25NO2S/c1-13(17(2,3)4)9-16(20)18-11-15-10-14(12-21-15)7-5-6-8-19/h10,12-13,19H,6,8-9,11H2,1-4H3,(H,18,20). The van der Waals surface area contributed by atoms with Crippen molar-refractivity contribution < 1.29 is 9.90 Å². The van der Waals surface area contributed by atoms with Gasteiger partial charge in [0, 0.05) is 28.7 Å². The third kappa shape index (κ3) is 6.79. The Morgan fingerprint density at radius 2 is 2.19 bits per heavy atom. The molecule has 1 atom stereocenters. The van der Waals surface area contributed by atoms with Gasteiger partial charge in [0.05, 0.1) is 13.2 Å². The van der Waals surface area contributed by atoms with Gasteiger partial charge in [-0.2, -0.15) is 0 Å². The van der Waals surface area contributed by atoms with Gasteiger partial charge in [0.25, 0.3) is 0 Å². The summed E-state index contributed by atoms with van der Waals surface area (Å²) in [7, 11) is 0. The van der Waals surface area contributed by atoms with Crippen LogP contribution in [0, 0.1) is 23.2 Å². The van der Waals surface area contributed by atoms with E-state index in [4.69, 9.17) is 5.11 Å². The van der Waals surface area contributed by atoms with E-state index in [2.05, 4.69) is 44.9 Å². The second-order valence-corrected chi connectivity index (χ2v) is 7.32. The molecule has 3 nitrogen and oxygen atoms in total. The van der Waals surface area contributed by atoms with Gasteiger partial charge in [0.2, 0.25) is 5.91 Å². The van der Waals surface area contributed by atoms with Gasteiger partial charge in [0.15, 0.2) is 0 Å². The van der Waals surface area contributed by atoms with Crippen LogP contribution in [-0.4, -0.2) is 17.6 Å². The Morgan fingerprint density at radius 3 is 2.81 bits per heavy atom. The summed E-state index contributed by atoms with van der Waals surface area (Å²) in [5.74, 6) is 6.33. The number of thiophene rings is 1. The first-order valence-corrected chi connectivity index (χ1v) is 8.14. The van der Waals surface area contributed by atoms with Gasteiger partial charge in [-0.25, -0.2) is 0 Å². The Kier molecular flexibility index (Phi) is 6.94. The number of aliphatic hydroxyl groups excluding tert-OH is 1. The zero-order chi connectivity index (χ0) is 15.9. The van der Waals surface area contributed by atoms with Gasteiger partial charge in [-0.3, -0.25) is 4.79 Å². The Labute approximate surface area is 131 Å². The maximum atomic E-state index is 11.9. The van der Waals surface area contributed by atoms with E-state index in [1.165, 1.54) is 0 Å². The molecular weight excluding hydrogens is 282 g/mol. The smallest absolute Gasteiger partial charge is 0.220 e. The van der Waals surface area contributed by atoms with E-state index >= 15 is 0 Å². The topological polar surface area (TPSA) is 49.3 Å². The predicted molar refractivity (Wildman–Crippen MR) is 88.0 cm³/mol. The number of hydrogen-bond acceptors (Lipinski definition) is 3. The number of carbonyl (C=O) groups is 1. The molecular formula is C17H25NO2S. The molecule has 0 fully saturated rings. The molecule has 1 rings (SSSR count). The third-order valence-corrected chi connectivity index (χ3v) is 4.49. The van der Waals surface area contributed by atoms with Crippen molar-refractivity contribution in [2.45, 2.75) is 47.1 Å². The Balaban J connectivity index is 2.42. The lowest BCUT2D eigenvalue weighted by Gasteiger charge is -2.26. The fourth-order valence-corrected chi connectivity index (χ4v) is 2.36. The van der Waals surface area contributed by atoms with Crippen molar-refractivity contribution in [2.24, 2.45) is 11.3 Å². The fraction of sp³-hybridized carbons (Fsp3) is 0.588. The summed E-state index contributed by atoms with van der Waals surface area (Å²) >= 11 is 1.59. The summed E-state index contributed by atoms with van der Waals surface area (Å²) in [6.45, 7) is 9.22. The monoisotopic (exact) mass is 307 g/mol. The number of amides is 1. The molecule has 0 saturated heterocycles. The van der Waals surface area contributed by atoms with E-state index in [1.54, 1.807) is 11.3 Å². The van der Waals surface area contributed by atoms with E-state index in [1.807, 2.05) is 11.4 Å². The minimum absolute atomic E-state index is 0.0893. The van der Waals surface area contributed by atoms with E-state index in [0.29, 0.717) is 25.3 Å². The lowest BCUT2D eigenvalue weighted by Crippen LogP contribution is -2.28. The average molecular weight is 307 g/mol. The van der Waals surface area contributed by atoms with Gasteiger partial charge in [-0.05, 0) is 17.4 Å². The lowest BCUT2D eigenvalue weighted by atomic mass is 9.80. The SMILES string of the molecule is CC(CC(=O)NCc1cc(C#CCCO)cs1)C(C)(C)C. The van der Waals surface area contributed by atoms with Gasteiger partial charge >= 0.3 is 0 Å². The molecule has 4 heteroatoms. The minimum atomic E-state index is 0.0893. The normalized spacial score (nSPS) is 12.4. The van der Waals surface area contributed by atoms with Crippen LogP contribution >= 0.6 is 11.3 Å². The summed E-state index contributed by atoms with van der Waals surface area (Å²) in [5, 5.41) is 13.6. The van der Waals surface area contributed by atoms with Gasteiger partial charge in [-0.15, -0.1) is 11.3 Å². The summed E-state index contributed by atoms with van der Waals surface area (Å²) in [6.07, 6.45) is 1.05. The largest absolute Gasteiger partial charge is 0.395 e. The molecule has 1 heterocycles. The van der Waals surface area contributed by atoms with Crippen LogP contribution in [0.5, 0.6) is 0 Å². The van der Waals surface area contributed by atoms with Crippen LogP contribution in [0.2, 0.25) is 0 Å². The Bertz CT molecular complexity index is 517. The molecule has 0 aliphatic heterocycles. The minimum Gasteiger partial charge on any atom is -0.395 e. The average Bonchev–Trinajstić information content (AvgIpc) is 2.83. The van der Waals surface area contributed by atoms with Gasteiger partial charge in [0.1, 0.15) is 0 Å². The lowest BCUT2D eigenvalue weighted by molar-refractivity contribution is -0.122. The van der Waals surface area contributed by atoms with Crippen molar-refractivity contribution in [3.8, 4) is 11.8 Å². The quantitative estimate of drug-likeness (QED) is 0.821. The molecule has 1 amide bonds. The van der Waals surface area contributed by atoms with Crippen LogP contribution in [0.15, 0.2) is 11.4 Å². The molecule has 0 radical (unpaired) electrons. The zero-order valence-corrected chi connectivity index (χ0v) is 14.1. The maximum Gasteiger partial charge on any atom is 0.220 e. The van der Waals surface area contributed by atoms with Crippen LogP contribution in [0.1, 0.15) is 51.0 Å². The summed E-state index contributed by atoms with van der Waals surface area (Å²) in [5.41, 5.74) is 1.09. The van der Waals surface area contributed by atoms with Crippen LogP contribution in [-0.2, 0) is 11.3 Å². The van der Waals surface area contributed by atoms with E-state index in [-0.39, 0.29) is 17.9 Å². The van der Waals surface area contributed by atoms with Crippen molar-refractivity contribution in [1.29, 1.82) is 0 Å². The van der Waals surface area contributed by atoms with Crippen molar-refractivity contribution >= 4 is 17.2 Å². The van der Waals surface area contributed by atoms with Crippen molar-refractivity contribution in [3.63, 3.8) is 0 Å². The summed E-state index contributed by atoms with van der Waals surface area (Å²) in [4.78, 5) is 13.0. The van der Waals surface area contributed by atoms with Crippen molar-refractivity contribution in [2.75, 3.05) is 6.61 Å². The van der Waals surface area contributed by atoms with Crippen LogP contribution < -0.4 is 5.32 Å². The number of carbonyl (C=O) groups excluding carboxylic acids is 1. The molecule has 1 unspecified atom stereocenters. The second kappa shape index (κ2) is 8.21. The maximum absolute atomic E-state index is 11.9. The van der Waals surface area contributed by atoms with Crippen LogP contribution in [0.4, 0.5) is 0 Å². The first kappa shape index (κ1) is 17.7. The number of hydrogen-bond donors (Lipinski definition) is 2. The molecule has 0 spiro atoms. The first-order valence-electron chi connectivity index (χ1n) is 7.26. The third-order valence-electron chi connectivity index (χ3n) is 3.55. The molecule has 21 heavy (non-hydrogen) atoms. The molecule has 2 N–H and O–H groups in total. The number of aliphatic hydroxyl groups is 1. The Morgan fingerprint density at radius 1 is 1.48 bits per heavy atom. The summed E-state index contributed by atoms with van der Waals surface area (Å²) < 4.78 is 0. The molecule has 0 aromatic carbocycles. The molecule has 0 aliphatic rings. The van der Waals surface area contributed by atoms with E-state index in [0.717, 1.165) is 10.4 Å². The molecule has 1 aromatic rings. The zero-order valence-electron chi connectivity index (χ0n) is 13.3. The van der Waals surface area contributed by atoms with Crippen molar-refractivity contribution in [1.82, 2.24) is 5.32 Å². The van der Waals surface area contributed by atoms with Gasteiger partial charge < -0.3 is 10.4 Å². The van der Waals surface area contributed by atoms with E-state index < -0.39 is 0 Å². The highest BCUT2D eigenvalue weighted by Gasteiger charge is 2.22. The first-order chi connectivity index (χ1) is 9.82. The molecule has 0 saturated carbocycles. The molecule has 0 bridgehead atoms. The second-order valence-electron chi connectivity index (χ2n) is 6.33. The Hall–Kier alpha value is -1.31. The van der Waals surface area contributed by atoms with E-state index in [9.17, 15) is 4.79 Å². The van der Waals surface area contributed by atoms with Crippen molar-refractivity contribution in [3.05, 3.63) is 21.9 Å². The molecule has 1 aromatic heterocycles. The van der Waals surface area contributed by atoms with Crippen LogP contribution in [0.25, 0.3) is 0 Å². The number of nitrogens with one attached hydrogen (secondary N) is 1. The highest BCUT2D eigenvalue weighted by Crippen LogP contribution is 2.27. The highest BCUT2D eigenvalue weighted by molar-refractivity contribution is 7.10. The van der Waals surface area contributed by atoms with Gasteiger partial charge in [-0.1, -0.05) is 39.5 Å². The molecule has 0 aliphatic carbocycles. The highest BCUT2D eigenvalue weighted by atomic mass is 32.1. The fourth-order valence-electron chi connectivity index (χ4n) is 1.60. The van der Waals surface area contributed by atoms with Crippen LogP contribution in [0.3, 0.4) is 0 Å².